The van der Waals surface area contributed by atoms with E-state index in [1.165, 1.54) is 28.0 Å². The van der Waals surface area contributed by atoms with Crippen LogP contribution < -0.4 is 20.7 Å². The molecular weight excluding hydrogens is 500 g/mol. The molecule has 5 heteroatoms. The summed E-state index contributed by atoms with van der Waals surface area (Å²) in [6, 6.07) is 39.5. The van der Waals surface area contributed by atoms with Crippen LogP contribution in [0.5, 0.6) is 5.75 Å². The van der Waals surface area contributed by atoms with Gasteiger partial charge >= 0.3 is 6.36 Å². The van der Waals surface area contributed by atoms with Gasteiger partial charge in [-0.15, -0.1) is 13.2 Å². The maximum Gasteiger partial charge on any atom is 0.573 e. The Balaban J connectivity index is 1.32. The fourth-order valence-electron chi connectivity index (χ4n) is 5.98. The minimum absolute atomic E-state index is 0.155. The molecule has 0 aliphatic heterocycles. The van der Waals surface area contributed by atoms with Crippen molar-refractivity contribution < 1.29 is 17.9 Å². The molecule has 0 amide bonds. The fraction of sp³-hybridized carbons (Fsp3) is 0.273. The van der Waals surface area contributed by atoms with Crippen molar-refractivity contribution >= 4 is 23.2 Å². The molecule has 0 heterocycles. The van der Waals surface area contributed by atoms with E-state index >= 15 is 0 Å². The van der Waals surface area contributed by atoms with Gasteiger partial charge in [-0.1, -0.05) is 66.7 Å². The SMILES string of the molecule is FC(F)(F)Oc1ccc(C2CCC(CC[P+](c3ccccc3)(c3ccccc3)c3ccccc3)CC2)cc1. The van der Waals surface area contributed by atoms with E-state index in [0.29, 0.717) is 11.8 Å². The molecule has 0 N–H and O–H groups in total. The Bertz CT molecular complexity index is 1170. The highest BCUT2D eigenvalue weighted by Crippen LogP contribution is 2.56. The largest absolute Gasteiger partial charge is 0.573 e. The van der Waals surface area contributed by atoms with Crippen LogP contribution in [0.4, 0.5) is 13.2 Å². The predicted molar refractivity (Wildman–Crippen MR) is 152 cm³/mol. The number of ether oxygens (including phenoxy) is 1. The first-order valence-corrected chi connectivity index (χ1v) is 15.3. The van der Waals surface area contributed by atoms with Crippen LogP contribution in [0.2, 0.25) is 0 Å². The first-order valence-electron chi connectivity index (χ1n) is 13.3. The third-order valence-electron chi connectivity index (χ3n) is 7.90. The highest BCUT2D eigenvalue weighted by molar-refractivity contribution is 7.95. The number of alkyl halides is 3. The molecule has 38 heavy (non-hydrogen) atoms. The molecule has 1 saturated carbocycles. The molecule has 0 radical (unpaired) electrons. The third kappa shape index (κ3) is 6.13. The molecule has 0 spiro atoms. The monoisotopic (exact) mass is 533 g/mol. The van der Waals surface area contributed by atoms with Crippen LogP contribution >= 0.6 is 7.26 Å². The smallest absolute Gasteiger partial charge is 0.406 e. The normalized spacial score (nSPS) is 18.2. The minimum Gasteiger partial charge on any atom is -0.406 e. The topological polar surface area (TPSA) is 9.23 Å². The van der Waals surface area contributed by atoms with Crippen molar-refractivity contribution in [2.75, 3.05) is 6.16 Å². The van der Waals surface area contributed by atoms with Gasteiger partial charge in [0.05, 0.1) is 6.16 Å². The zero-order valence-corrected chi connectivity index (χ0v) is 22.3. The molecule has 0 aromatic heterocycles. The lowest BCUT2D eigenvalue weighted by Gasteiger charge is -2.32. The van der Waals surface area contributed by atoms with Gasteiger partial charge in [-0.05, 0) is 98.0 Å². The summed E-state index contributed by atoms with van der Waals surface area (Å²) in [7, 11) is -1.82. The lowest BCUT2D eigenvalue weighted by Crippen LogP contribution is -2.34. The van der Waals surface area contributed by atoms with Crippen LogP contribution in [-0.4, -0.2) is 12.5 Å². The first-order chi connectivity index (χ1) is 18.4. The molecule has 0 saturated heterocycles. The predicted octanol–water partition coefficient (Wildman–Crippen LogP) is 8.24. The van der Waals surface area contributed by atoms with Crippen LogP contribution in [0.1, 0.15) is 43.6 Å². The van der Waals surface area contributed by atoms with Gasteiger partial charge < -0.3 is 4.74 Å². The summed E-state index contributed by atoms with van der Waals surface area (Å²) in [5.74, 6) is 0.885. The van der Waals surface area contributed by atoms with Crippen molar-refractivity contribution in [1.29, 1.82) is 0 Å². The summed E-state index contributed by atoms with van der Waals surface area (Å²) >= 11 is 0. The Hall–Kier alpha value is -3.10. The quantitative estimate of drug-likeness (QED) is 0.207. The highest BCUT2D eigenvalue weighted by atomic mass is 31.2. The highest BCUT2D eigenvalue weighted by Gasteiger charge is 2.45. The van der Waals surface area contributed by atoms with E-state index in [9.17, 15) is 13.2 Å². The fourth-order valence-corrected chi connectivity index (χ4v) is 10.4. The van der Waals surface area contributed by atoms with Crippen molar-refractivity contribution in [3.8, 4) is 5.75 Å². The molecule has 4 aromatic rings. The van der Waals surface area contributed by atoms with Gasteiger partial charge in [0.25, 0.3) is 0 Å². The molecule has 196 valence electrons. The number of rotatable bonds is 8. The van der Waals surface area contributed by atoms with E-state index in [1.54, 1.807) is 12.1 Å². The minimum atomic E-state index is -4.66. The standard InChI is InChI=1S/C33H33F3OP/c34-33(35,36)37-29-22-20-28(21-23-29)27-18-16-26(17-19-27)24-25-38(30-10-4-1-5-11-30,31-12-6-2-7-13-31)32-14-8-3-9-15-32/h1-15,20-23,26-27H,16-19,24-25H2/q+1. The van der Waals surface area contributed by atoms with Gasteiger partial charge in [0, 0.05) is 0 Å². The van der Waals surface area contributed by atoms with E-state index in [-0.39, 0.29) is 5.75 Å². The molecule has 1 aliphatic carbocycles. The van der Waals surface area contributed by atoms with Crippen LogP contribution in [0.15, 0.2) is 115 Å². The van der Waals surface area contributed by atoms with Gasteiger partial charge in [-0.25, -0.2) is 0 Å². The van der Waals surface area contributed by atoms with E-state index in [2.05, 4.69) is 95.7 Å². The number of halogens is 3. The summed E-state index contributed by atoms with van der Waals surface area (Å²) in [5, 5.41) is 4.27. The van der Waals surface area contributed by atoms with Gasteiger partial charge in [0.15, 0.2) is 0 Å². The summed E-state index contributed by atoms with van der Waals surface area (Å²) < 4.78 is 41.5. The Morgan fingerprint density at radius 1 is 0.605 bits per heavy atom. The second kappa shape index (κ2) is 11.7. The van der Waals surface area contributed by atoms with E-state index in [0.717, 1.165) is 43.8 Å². The third-order valence-corrected chi connectivity index (χ3v) is 12.4. The summed E-state index contributed by atoms with van der Waals surface area (Å²) in [6.07, 6.45) is 2.06. The Labute approximate surface area is 224 Å². The average Bonchev–Trinajstić information content (AvgIpc) is 2.95. The lowest BCUT2D eigenvalue weighted by molar-refractivity contribution is -0.274. The molecular formula is C33H33F3OP+. The van der Waals surface area contributed by atoms with Gasteiger partial charge in [-0.3, -0.25) is 0 Å². The zero-order chi connectivity index (χ0) is 26.4. The number of benzene rings is 4. The average molecular weight is 534 g/mol. The summed E-state index contributed by atoms with van der Waals surface area (Å²) in [6.45, 7) is 0. The van der Waals surface area contributed by atoms with Crippen molar-refractivity contribution in [3.63, 3.8) is 0 Å². The van der Waals surface area contributed by atoms with E-state index < -0.39 is 13.6 Å². The molecule has 1 fully saturated rings. The molecule has 5 rings (SSSR count). The molecule has 0 bridgehead atoms. The van der Waals surface area contributed by atoms with Gasteiger partial charge in [0.2, 0.25) is 0 Å². The molecule has 0 atom stereocenters. The Morgan fingerprint density at radius 2 is 1.05 bits per heavy atom. The number of hydrogen-bond acceptors (Lipinski definition) is 1. The zero-order valence-electron chi connectivity index (χ0n) is 21.4. The van der Waals surface area contributed by atoms with Gasteiger partial charge in [0.1, 0.15) is 28.9 Å². The lowest BCUT2D eigenvalue weighted by atomic mass is 9.78. The van der Waals surface area contributed by atoms with Crippen molar-refractivity contribution in [1.82, 2.24) is 0 Å². The molecule has 1 aliphatic rings. The Morgan fingerprint density at radius 3 is 1.47 bits per heavy atom. The van der Waals surface area contributed by atoms with Crippen molar-refractivity contribution in [2.45, 2.75) is 44.4 Å². The van der Waals surface area contributed by atoms with Crippen LogP contribution in [-0.2, 0) is 0 Å². The maximum atomic E-state index is 12.5. The van der Waals surface area contributed by atoms with Crippen LogP contribution in [0.25, 0.3) is 0 Å². The van der Waals surface area contributed by atoms with Gasteiger partial charge in [-0.2, -0.15) is 0 Å². The van der Waals surface area contributed by atoms with E-state index in [1.807, 2.05) is 0 Å². The first kappa shape index (κ1) is 26.5. The second-order valence-corrected chi connectivity index (χ2v) is 13.8. The van der Waals surface area contributed by atoms with E-state index in [4.69, 9.17) is 0 Å². The molecule has 4 aromatic carbocycles. The Kier molecular flexibility index (Phi) is 8.19. The number of hydrogen-bond donors (Lipinski definition) is 0. The van der Waals surface area contributed by atoms with Crippen molar-refractivity contribution in [2.24, 2.45) is 5.92 Å². The molecule has 0 unspecified atom stereocenters. The maximum absolute atomic E-state index is 12.5. The van der Waals surface area contributed by atoms with Crippen molar-refractivity contribution in [3.05, 3.63) is 121 Å². The summed E-state index contributed by atoms with van der Waals surface area (Å²) in [4.78, 5) is 0. The van der Waals surface area contributed by atoms with Crippen LogP contribution in [0, 0.1) is 5.92 Å². The molecule has 1 nitrogen and oxygen atoms in total. The van der Waals surface area contributed by atoms with Crippen LogP contribution in [0.3, 0.4) is 0 Å². The second-order valence-electron chi connectivity index (χ2n) is 10.2. The summed E-state index contributed by atoms with van der Waals surface area (Å²) in [5.41, 5.74) is 1.11.